The Labute approximate surface area is 212 Å². The van der Waals surface area contributed by atoms with Crippen LogP contribution in [0.3, 0.4) is 0 Å². The first-order valence-corrected chi connectivity index (χ1v) is 12.6. The van der Waals surface area contributed by atoms with Crippen molar-refractivity contribution in [1.29, 1.82) is 5.26 Å². The van der Waals surface area contributed by atoms with Crippen LogP contribution in [0.25, 0.3) is 10.9 Å². The molecule has 0 spiro atoms. The number of fused-ring (bicyclic) bond motifs is 4. The molecule has 1 aliphatic carbocycles. The molecule has 0 radical (unpaired) electrons. The van der Waals surface area contributed by atoms with Crippen LogP contribution in [-0.4, -0.2) is 65.3 Å². The largest absolute Gasteiger partial charge is 0.496 e. The summed E-state index contributed by atoms with van der Waals surface area (Å²) < 4.78 is 35.4. The van der Waals surface area contributed by atoms with Crippen molar-refractivity contribution >= 4 is 28.6 Å². The number of nitrogens with zero attached hydrogens (tertiary/aromatic N) is 2. The van der Waals surface area contributed by atoms with Gasteiger partial charge in [-0.05, 0) is 50.3 Å². The van der Waals surface area contributed by atoms with Gasteiger partial charge in [-0.15, -0.1) is 0 Å². The number of nitriles is 1. The Hall–Kier alpha value is -3.68. The molecule has 9 nitrogen and oxygen atoms in total. The fourth-order valence-electron chi connectivity index (χ4n) is 6.10. The second kappa shape index (κ2) is 9.65. The number of hydrogen-bond acceptors (Lipinski definition) is 5. The smallest absolute Gasteiger partial charge is 0.271 e. The van der Waals surface area contributed by atoms with Crippen molar-refractivity contribution in [2.24, 2.45) is 11.8 Å². The minimum atomic E-state index is -3.11. The number of carbonyl (C=O) groups excluding carboxylic acids is 3. The number of ether oxygens (including phenoxy) is 1. The molecule has 3 saturated heterocycles. The van der Waals surface area contributed by atoms with Gasteiger partial charge < -0.3 is 25.3 Å². The van der Waals surface area contributed by atoms with Gasteiger partial charge in [0.25, 0.3) is 11.8 Å². The maximum Gasteiger partial charge on any atom is 0.271 e. The zero-order chi connectivity index (χ0) is 26.3. The average Bonchev–Trinajstić information content (AvgIpc) is 3.33. The third kappa shape index (κ3) is 4.49. The lowest BCUT2D eigenvalue weighted by Crippen LogP contribution is -2.68. The van der Waals surface area contributed by atoms with Gasteiger partial charge in [-0.25, -0.2) is 8.78 Å². The highest BCUT2D eigenvalue weighted by atomic mass is 19.3. The summed E-state index contributed by atoms with van der Waals surface area (Å²) in [4.78, 5) is 43.6. The summed E-state index contributed by atoms with van der Waals surface area (Å²) in [5.74, 6) is -5.90. The molecule has 4 fully saturated rings. The molecule has 5 atom stereocenters. The summed E-state index contributed by atoms with van der Waals surface area (Å²) in [5, 5.41) is 15.6. The van der Waals surface area contributed by atoms with E-state index in [1.165, 1.54) is 12.0 Å². The van der Waals surface area contributed by atoms with E-state index in [1.54, 1.807) is 24.3 Å². The second-order valence-electron chi connectivity index (χ2n) is 10.1. The number of nitrogens with one attached hydrogen (secondary N) is 3. The number of alkyl halides is 2. The van der Waals surface area contributed by atoms with Crippen LogP contribution >= 0.6 is 0 Å². The first kappa shape index (κ1) is 25.0. The van der Waals surface area contributed by atoms with Crippen molar-refractivity contribution in [1.82, 2.24) is 20.5 Å². The fraction of sp³-hybridized carbons (Fsp3) is 0.538. The van der Waals surface area contributed by atoms with E-state index in [1.807, 2.05) is 6.07 Å². The van der Waals surface area contributed by atoms with Gasteiger partial charge in [0.1, 0.15) is 23.5 Å². The number of halogens is 2. The number of carbonyl (C=O) groups is 3. The van der Waals surface area contributed by atoms with Crippen molar-refractivity contribution in [2.75, 3.05) is 13.7 Å². The number of benzene rings is 1. The van der Waals surface area contributed by atoms with Crippen molar-refractivity contribution in [2.45, 2.75) is 62.6 Å². The molecule has 3 aliphatic heterocycles. The van der Waals surface area contributed by atoms with Gasteiger partial charge in [-0.1, -0.05) is 6.07 Å². The number of aromatic nitrogens is 1. The molecular weight excluding hydrogens is 484 g/mol. The van der Waals surface area contributed by atoms with Gasteiger partial charge in [0.2, 0.25) is 11.8 Å². The van der Waals surface area contributed by atoms with Gasteiger partial charge in [0.15, 0.2) is 0 Å². The monoisotopic (exact) mass is 513 g/mol. The van der Waals surface area contributed by atoms with Crippen molar-refractivity contribution in [3.05, 3.63) is 30.0 Å². The zero-order valence-corrected chi connectivity index (χ0v) is 20.4. The van der Waals surface area contributed by atoms with Crippen molar-refractivity contribution in [3.8, 4) is 11.8 Å². The highest BCUT2D eigenvalue weighted by Gasteiger charge is 2.60. The normalized spacial score (nSPS) is 27.3. The Morgan fingerprint density at radius 2 is 2.14 bits per heavy atom. The van der Waals surface area contributed by atoms with E-state index < -0.39 is 54.1 Å². The Kier molecular flexibility index (Phi) is 6.52. The lowest BCUT2D eigenvalue weighted by atomic mass is 9.71. The van der Waals surface area contributed by atoms with Crippen LogP contribution in [0.1, 0.15) is 49.0 Å². The molecule has 1 saturated carbocycles. The number of aromatic amines is 1. The van der Waals surface area contributed by atoms with E-state index in [0.29, 0.717) is 36.0 Å². The first-order chi connectivity index (χ1) is 17.7. The van der Waals surface area contributed by atoms with Crippen LogP contribution in [0, 0.1) is 23.2 Å². The Morgan fingerprint density at radius 1 is 1.32 bits per heavy atom. The summed E-state index contributed by atoms with van der Waals surface area (Å²) in [6, 6.07) is 5.59. The standard InChI is InChI=1S/C26H29F2N5O4/c1-37-21-6-2-5-19-17(21)11-20(32-19)25(36)33-16-7-8-18(26(27,28)12-16)22(33)24(35)31-15(13-29)10-14-4-3-9-30-23(14)34/h2,5-6,11,14-16,18,22,32H,3-4,7-10,12H2,1H3,(H,30,34)(H,31,35)/t14-,15-,16-,18-,22+/m0/s1. The highest BCUT2D eigenvalue weighted by molar-refractivity contribution is 6.02. The number of piperidine rings is 3. The Bertz CT molecular complexity index is 1270. The Morgan fingerprint density at radius 3 is 2.84 bits per heavy atom. The van der Waals surface area contributed by atoms with E-state index in [-0.39, 0.29) is 24.4 Å². The molecule has 4 aliphatic rings. The molecule has 0 unspecified atom stereocenters. The molecule has 37 heavy (non-hydrogen) atoms. The van der Waals surface area contributed by atoms with Crippen LogP contribution in [0.4, 0.5) is 8.78 Å². The quantitative estimate of drug-likeness (QED) is 0.547. The third-order valence-corrected chi connectivity index (χ3v) is 7.90. The topological polar surface area (TPSA) is 127 Å². The lowest BCUT2D eigenvalue weighted by Gasteiger charge is -2.53. The summed E-state index contributed by atoms with van der Waals surface area (Å²) >= 11 is 0. The zero-order valence-electron chi connectivity index (χ0n) is 20.4. The van der Waals surface area contributed by atoms with Crippen LogP contribution in [0.15, 0.2) is 24.3 Å². The number of amides is 3. The summed E-state index contributed by atoms with van der Waals surface area (Å²) in [6.45, 7) is 0.565. The molecule has 1 aromatic heterocycles. The number of rotatable bonds is 6. The molecule has 11 heteroatoms. The van der Waals surface area contributed by atoms with Crippen LogP contribution in [0.2, 0.25) is 0 Å². The molecule has 3 amide bonds. The fourth-order valence-corrected chi connectivity index (χ4v) is 6.10. The molecule has 1 aromatic carbocycles. The van der Waals surface area contributed by atoms with Gasteiger partial charge in [-0.2, -0.15) is 5.26 Å². The summed E-state index contributed by atoms with van der Waals surface area (Å²) in [7, 11) is 1.51. The molecule has 2 bridgehead atoms. The summed E-state index contributed by atoms with van der Waals surface area (Å²) in [6.07, 6.45) is 1.38. The summed E-state index contributed by atoms with van der Waals surface area (Å²) in [5.41, 5.74) is 0.815. The van der Waals surface area contributed by atoms with E-state index in [4.69, 9.17) is 4.74 Å². The van der Waals surface area contributed by atoms with E-state index >= 15 is 0 Å². The highest BCUT2D eigenvalue weighted by Crippen LogP contribution is 2.49. The van der Waals surface area contributed by atoms with Crippen molar-refractivity contribution < 1.29 is 27.9 Å². The maximum atomic E-state index is 15.0. The minimum absolute atomic E-state index is 0.0844. The third-order valence-electron chi connectivity index (χ3n) is 7.90. The number of methoxy groups -OCH3 is 1. The first-order valence-electron chi connectivity index (χ1n) is 12.6. The molecule has 4 heterocycles. The average molecular weight is 514 g/mol. The number of hydrogen-bond donors (Lipinski definition) is 3. The predicted octanol–water partition coefficient (Wildman–Crippen LogP) is 2.73. The van der Waals surface area contributed by atoms with Gasteiger partial charge in [0, 0.05) is 35.8 Å². The maximum absolute atomic E-state index is 15.0. The molecule has 196 valence electrons. The molecular formula is C26H29F2N5O4. The van der Waals surface area contributed by atoms with Gasteiger partial charge in [-0.3, -0.25) is 14.4 Å². The van der Waals surface area contributed by atoms with E-state index in [0.717, 1.165) is 6.42 Å². The second-order valence-corrected chi connectivity index (χ2v) is 10.1. The van der Waals surface area contributed by atoms with E-state index in [2.05, 4.69) is 15.6 Å². The molecule has 2 aromatic rings. The molecule has 3 N–H and O–H groups in total. The van der Waals surface area contributed by atoms with E-state index in [9.17, 15) is 28.4 Å². The van der Waals surface area contributed by atoms with Gasteiger partial charge in [0.05, 0.1) is 19.1 Å². The predicted molar refractivity (Wildman–Crippen MR) is 129 cm³/mol. The molecule has 6 rings (SSSR count). The van der Waals surface area contributed by atoms with Crippen LogP contribution in [0.5, 0.6) is 5.75 Å². The minimum Gasteiger partial charge on any atom is -0.496 e. The van der Waals surface area contributed by atoms with Gasteiger partial charge >= 0.3 is 0 Å². The van der Waals surface area contributed by atoms with Crippen LogP contribution in [-0.2, 0) is 9.59 Å². The number of H-pyrrole nitrogens is 1. The Balaban J connectivity index is 1.42. The SMILES string of the molecule is COc1cccc2[nH]c(C(=O)N3[C@H]4CC[C@@H]([C@@H]3C(=O)N[C@H](C#N)C[C@@H]3CCCNC3=O)C(F)(F)C4)cc12. The van der Waals surface area contributed by atoms with Crippen LogP contribution < -0.4 is 15.4 Å². The van der Waals surface area contributed by atoms with Crippen molar-refractivity contribution in [3.63, 3.8) is 0 Å². The lowest BCUT2D eigenvalue weighted by molar-refractivity contribution is -0.179.